The molecule has 0 saturated heterocycles. The molecule has 3 nitrogen and oxygen atoms in total. The number of rotatable bonds is 3. The van der Waals surface area contributed by atoms with Crippen LogP contribution in [0.4, 0.5) is 11.4 Å². The molecule has 0 bridgehead atoms. The summed E-state index contributed by atoms with van der Waals surface area (Å²) >= 11 is 3.52. The molecule has 1 heterocycles. The van der Waals surface area contributed by atoms with E-state index in [4.69, 9.17) is 0 Å². The molecular formula is C23H21BrN2O. The molecule has 0 aliphatic carbocycles. The third-order valence-electron chi connectivity index (χ3n) is 5.03. The lowest BCUT2D eigenvalue weighted by Gasteiger charge is -2.40. The van der Waals surface area contributed by atoms with Crippen LogP contribution in [0, 0.1) is 0 Å². The van der Waals surface area contributed by atoms with Gasteiger partial charge in [-0.15, -0.1) is 0 Å². The number of para-hydroxylation sites is 2. The maximum atomic E-state index is 13.3. The smallest absolute Gasteiger partial charge is 0.259 e. The van der Waals surface area contributed by atoms with Gasteiger partial charge in [-0.05, 0) is 65.2 Å². The van der Waals surface area contributed by atoms with Crippen molar-refractivity contribution in [3.05, 3.63) is 94.5 Å². The first-order valence-electron chi connectivity index (χ1n) is 9.14. The van der Waals surface area contributed by atoms with E-state index in [0.29, 0.717) is 5.56 Å². The zero-order chi connectivity index (χ0) is 18.8. The van der Waals surface area contributed by atoms with Crippen molar-refractivity contribution in [3.63, 3.8) is 0 Å². The molecule has 0 fully saturated rings. The molecule has 4 rings (SSSR count). The fraction of sp³-hybridized carbons (Fsp3) is 0.174. The van der Waals surface area contributed by atoms with Gasteiger partial charge < -0.3 is 10.2 Å². The monoisotopic (exact) mass is 420 g/mol. The largest absolute Gasteiger partial charge is 0.378 e. The predicted molar refractivity (Wildman–Crippen MR) is 114 cm³/mol. The van der Waals surface area contributed by atoms with Crippen molar-refractivity contribution in [2.75, 3.05) is 10.2 Å². The first-order valence-corrected chi connectivity index (χ1v) is 9.93. The molecule has 0 aromatic heterocycles. The molecule has 27 heavy (non-hydrogen) atoms. The van der Waals surface area contributed by atoms with E-state index in [2.05, 4.69) is 46.4 Å². The Morgan fingerprint density at radius 1 is 0.963 bits per heavy atom. The van der Waals surface area contributed by atoms with Crippen molar-refractivity contribution in [3.8, 4) is 0 Å². The van der Waals surface area contributed by atoms with Crippen LogP contribution < -0.4 is 10.2 Å². The number of carbonyl (C=O) groups is 1. The second-order valence-electron chi connectivity index (χ2n) is 6.86. The van der Waals surface area contributed by atoms with Gasteiger partial charge in [-0.1, -0.05) is 48.5 Å². The molecule has 1 aliphatic rings. The van der Waals surface area contributed by atoms with Crippen LogP contribution in [-0.4, -0.2) is 11.9 Å². The van der Waals surface area contributed by atoms with Crippen LogP contribution in [0.25, 0.3) is 0 Å². The molecule has 0 radical (unpaired) electrons. The first kappa shape index (κ1) is 17.8. The average Bonchev–Trinajstić information content (AvgIpc) is 2.69. The number of hydrogen-bond acceptors (Lipinski definition) is 2. The van der Waals surface area contributed by atoms with Crippen LogP contribution in [0.1, 0.15) is 35.3 Å². The highest BCUT2D eigenvalue weighted by atomic mass is 79.9. The van der Waals surface area contributed by atoms with E-state index in [0.717, 1.165) is 27.8 Å². The molecule has 0 saturated carbocycles. The van der Waals surface area contributed by atoms with E-state index in [1.807, 2.05) is 65.6 Å². The Kier molecular flexibility index (Phi) is 4.99. The van der Waals surface area contributed by atoms with Gasteiger partial charge in [0.05, 0.1) is 11.6 Å². The fourth-order valence-electron chi connectivity index (χ4n) is 3.76. The molecule has 1 N–H and O–H groups in total. The number of carbonyl (C=O) groups excluding carboxylic acids is 1. The number of halogens is 1. The van der Waals surface area contributed by atoms with Gasteiger partial charge in [-0.25, -0.2) is 0 Å². The lowest BCUT2D eigenvalue weighted by atomic mass is 9.90. The van der Waals surface area contributed by atoms with E-state index in [9.17, 15) is 4.79 Å². The van der Waals surface area contributed by atoms with Gasteiger partial charge in [0.25, 0.3) is 5.91 Å². The van der Waals surface area contributed by atoms with Gasteiger partial charge >= 0.3 is 0 Å². The molecule has 2 atom stereocenters. The predicted octanol–water partition coefficient (Wildman–Crippen LogP) is 6.04. The van der Waals surface area contributed by atoms with Crippen LogP contribution in [0.5, 0.6) is 0 Å². The summed E-state index contributed by atoms with van der Waals surface area (Å²) in [6, 6.07) is 26.3. The van der Waals surface area contributed by atoms with Crippen molar-refractivity contribution in [2.45, 2.75) is 25.4 Å². The van der Waals surface area contributed by atoms with E-state index < -0.39 is 0 Å². The maximum Gasteiger partial charge on any atom is 0.259 e. The third kappa shape index (κ3) is 3.50. The molecular weight excluding hydrogens is 400 g/mol. The van der Waals surface area contributed by atoms with Crippen LogP contribution in [0.2, 0.25) is 0 Å². The van der Waals surface area contributed by atoms with Crippen LogP contribution in [0.3, 0.4) is 0 Å². The number of nitrogens with one attached hydrogen (secondary N) is 1. The summed E-state index contributed by atoms with van der Waals surface area (Å²) in [5.74, 6) is 0.0283. The quantitative estimate of drug-likeness (QED) is 0.559. The highest BCUT2D eigenvalue weighted by molar-refractivity contribution is 9.10. The van der Waals surface area contributed by atoms with Crippen molar-refractivity contribution < 1.29 is 4.79 Å². The van der Waals surface area contributed by atoms with Crippen LogP contribution in [0.15, 0.2) is 83.3 Å². The summed E-state index contributed by atoms with van der Waals surface area (Å²) in [5, 5.41) is 3.63. The topological polar surface area (TPSA) is 32.3 Å². The lowest BCUT2D eigenvalue weighted by molar-refractivity contribution is 0.0973. The summed E-state index contributed by atoms with van der Waals surface area (Å²) in [7, 11) is 0. The summed E-state index contributed by atoms with van der Waals surface area (Å²) < 4.78 is 0.823. The molecule has 136 valence electrons. The van der Waals surface area contributed by atoms with Crippen LogP contribution >= 0.6 is 15.9 Å². The Balaban J connectivity index is 1.71. The molecule has 4 heteroatoms. The number of nitrogens with zero attached hydrogens (tertiary/aromatic N) is 1. The number of amides is 1. The standard InChI is InChI=1S/C23H21BrN2O/c1-16-15-21(25-17-9-3-2-4-10-17)19-12-6-8-14-22(19)26(16)23(27)18-11-5-7-13-20(18)24/h2-14,16,21,25H,15H2,1H3/t16-,21-/m0/s1. The molecule has 3 aromatic carbocycles. The molecule has 3 aromatic rings. The van der Waals surface area contributed by atoms with Crippen LogP contribution in [-0.2, 0) is 0 Å². The molecule has 0 unspecified atom stereocenters. The van der Waals surface area contributed by atoms with Crippen molar-refractivity contribution in [2.24, 2.45) is 0 Å². The van der Waals surface area contributed by atoms with Crippen molar-refractivity contribution in [1.29, 1.82) is 0 Å². The SMILES string of the molecule is C[C@H]1C[C@H](Nc2ccccc2)c2ccccc2N1C(=O)c1ccccc1Br. The lowest BCUT2D eigenvalue weighted by Crippen LogP contribution is -2.44. The Morgan fingerprint density at radius 2 is 1.63 bits per heavy atom. The number of fused-ring (bicyclic) bond motifs is 1. The zero-order valence-electron chi connectivity index (χ0n) is 15.1. The van der Waals surface area contributed by atoms with E-state index in [1.165, 1.54) is 0 Å². The van der Waals surface area contributed by atoms with Gasteiger partial charge in [-0.3, -0.25) is 4.79 Å². The van der Waals surface area contributed by atoms with Gasteiger partial charge in [-0.2, -0.15) is 0 Å². The average molecular weight is 421 g/mol. The third-order valence-corrected chi connectivity index (χ3v) is 5.72. The second kappa shape index (κ2) is 7.57. The Hall–Kier alpha value is -2.59. The zero-order valence-corrected chi connectivity index (χ0v) is 16.7. The van der Waals surface area contributed by atoms with Gasteiger partial charge in [0, 0.05) is 21.9 Å². The minimum Gasteiger partial charge on any atom is -0.378 e. The van der Waals surface area contributed by atoms with Crippen molar-refractivity contribution >= 4 is 33.2 Å². The normalized spacial score (nSPS) is 18.7. The van der Waals surface area contributed by atoms with Gasteiger partial charge in [0.15, 0.2) is 0 Å². The number of benzene rings is 3. The highest BCUT2D eigenvalue weighted by Crippen LogP contribution is 2.40. The molecule has 1 aliphatic heterocycles. The summed E-state index contributed by atoms with van der Waals surface area (Å²) in [4.78, 5) is 15.3. The number of anilines is 2. The van der Waals surface area contributed by atoms with Crippen molar-refractivity contribution in [1.82, 2.24) is 0 Å². The Labute approximate surface area is 168 Å². The summed E-state index contributed by atoms with van der Waals surface area (Å²) in [6.45, 7) is 2.12. The first-order chi connectivity index (χ1) is 13.1. The minimum atomic E-state index is 0.0283. The van der Waals surface area contributed by atoms with E-state index in [1.54, 1.807) is 0 Å². The molecule has 0 spiro atoms. The second-order valence-corrected chi connectivity index (χ2v) is 7.72. The summed E-state index contributed by atoms with van der Waals surface area (Å²) in [6.07, 6.45) is 0.849. The maximum absolute atomic E-state index is 13.3. The number of hydrogen-bond donors (Lipinski definition) is 1. The van der Waals surface area contributed by atoms with Gasteiger partial charge in [0.1, 0.15) is 0 Å². The van der Waals surface area contributed by atoms with E-state index in [-0.39, 0.29) is 18.0 Å². The molecule has 1 amide bonds. The van der Waals surface area contributed by atoms with Gasteiger partial charge in [0.2, 0.25) is 0 Å². The highest BCUT2D eigenvalue weighted by Gasteiger charge is 2.34. The minimum absolute atomic E-state index is 0.0283. The fourth-order valence-corrected chi connectivity index (χ4v) is 4.21. The Morgan fingerprint density at radius 3 is 2.41 bits per heavy atom. The Bertz CT molecular complexity index is 957. The van der Waals surface area contributed by atoms with E-state index >= 15 is 0 Å². The summed E-state index contributed by atoms with van der Waals surface area (Å²) in [5.41, 5.74) is 3.91.